The molecule has 1 saturated carbocycles. The van der Waals surface area contributed by atoms with E-state index in [1.807, 2.05) is 6.20 Å². The molecule has 0 aliphatic heterocycles. The molecular weight excluding hydrogens is 307 g/mol. The highest BCUT2D eigenvalue weighted by atomic mass is 127. The zero-order valence-corrected chi connectivity index (χ0v) is 10.7. The van der Waals surface area contributed by atoms with E-state index in [2.05, 4.69) is 27.7 Å². The number of esters is 1. The van der Waals surface area contributed by atoms with Crippen LogP contribution in [0.25, 0.3) is 0 Å². The first kappa shape index (κ1) is 10.9. The molecule has 0 bridgehead atoms. The highest BCUT2D eigenvalue weighted by molar-refractivity contribution is 14.1. The summed E-state index contributed by atoms with van der Waals surface area (Å²) in [6, 6.07) is 0. The van der Waals surface area contributed by atoms with Gasteiger partial charge in [0.05, 0.1) is 16.9 Å². The van der Waals surface area contributed by atoms with Crippen LogP contribution in [0.1, 0.15) is 25.7 Å². The number of nitrogens with zero attached hydrogens (tertiary/aromatic N) is 2. The highest BCUT2D eigenvalue weighted by Crippen LogP contribution is 2.37. The van der Waals surface area contributed by atoms with Gasteiger partial charge in [0.2, 0.25) is 0 Å². The lowest BCUT2D eigenvalue weighted by molar-refractivity contribution is -0.151. The second kappa shape index (κ2) is 4.11. The molecule has 0 amide bonds. The van der Waals surface area contributed by atoms with Crippen molar-refractivity contribution in [3.8, 4) is 0 Å². The molecule has 0 spiro atoms. The zero-order chi connectivity index (χ0) is 10.9. The molecule has 1 aliphatic rings. The van der Waals surface area contributed by atoms with Crippen LogP contribution in [-0.4, -0.2) is 22.9 Å². The van der Waals surface area contributed by atoms with E-state index in [1.165, 1.54) is 7.11 Å². The summed E-state index contributed by atoms with van der Waals surface area (Å²) in [5, 5.41) is 4.25. The van der Waals surface area contributed by atoms with Crippen molar-refractivity contribution < 1.29 is 9.53 Å². The summed E-state index contributed by atoms with van der Waals surface area (Å²) < 4.78 is 7.71. The number of aromatic nitrogens is 2. The van der Waals surface area contributed by atoms with Crippen LogP contribution in [0.5, 0.6) is 0 Å². The molecule has 15 heavy (non-hydrogen) atoms. The van der Waals surface area contributed by atoms with Gasteiger partial charge in [-0.2, -0.15) is 5.10 Å². The standard InChI is InChI=1S/C10H13IN2O2/c1-15-9(14)10(4-2-3-5-10)13-7-8(11)6-12-13/h6-7H,2-5H2,1H3. The Morgan fingerprint density at radius 2 is 2.27 bits per heavy atom. The van der Waals surface area contributed by atoms with Crippen LogP contribution < -0.4 is 0 Å². The van der Waals surface area contributed by atoms with E-state index in [4.69, 9.17) is 4.74 Å². The van der Waals surface area contributed by atoms with Gasteiger partial charge in [-0.1, -0.05) is 12.8 Å². The molecule has 1 aromatic rings. The quantitative estimate of drug-likeness (QED) is 0.618. The van der Waals surface area contributed by atoms with Crippen molar-refractivity contribution in [3.63, 3.8) is 0 Å². The largest absolute Gasteiger partial charge is 0.467 e. The van der Waals surface area contributed by atoms with Crippen LogP contribution in [-0.2, 0) is 15.1 Å². The van der Waals surface area contributed by atoms with Gasteiger partial charge in [0.1, 0.15) is 0 Å². The molecule has 5 heteroatoms. The summed E-state index contributed by atoms with van der Waals surface area (Å²) in [5.41, 5.74) is -0.543. The predicted molar refractivity (Wildman–Crippen MR) is 63.4 cm³/mol. The Morgan fingerprint density at radius 3 is 2.73 bits per heavy atom. The zero-order valence-electron chi connectivity index (χ0n) is 8.57. The fraction of sp³-hybridized carbons (Fsp3) is 0.600. The van der Waals surface area contributed by atoms with Crippen LogP contribution in [0, 0.1) is 3.57 Å². The third-order valence-corrected chi connectivity index (χ3v) is 3.54. The van der Waals surface area contributed by atoms with E-state index in [1.54, 1.807) is 10.9 Å². The SMILES string of the molecule is COC(=O)C1(n2cc(I)cn2)CCCC1. The van der Waals surface area contributed by atoms with Gasteiger partial charge in [-0.05, 0) is 35.4 Å². The summed E-state index contributed by atoms with van der Waals surface area (Å²) in [6.45, 7) is 0. The van der Waals surface area contributed by atoms with Gasteiger partial charge in [0.15, 0.2) is 5.54 Å². The molecule has 0 atom stereocenters. The monoisotopic (exact) mass is 320 g/mol. The summed E-state index contributed by atoms with van der Waals surface area (Å²) in [7, 11) is 1.44. The Bertz CT molecular complexity index is 369. The maximum absolute atomic E-state index is 11.9. The molecule has 0 N–H and O–H groups in total. The Hall–Kier alpha value is -0.590. The Labute approximate surface area is 102 Å². The lowest BCUT2D eigenvalue weighted by Gasteiger charge is -2.26. The summed E-state index contributed by atoms with van der Waals surface area (Å²) >= 11 is 2.19. The molecule has 0 aromatic carbocycles. The van der Waals surface area contributed by atoms with Crippen LogP contribution in [0.4, 0.5) is 0 Å². The molecule has 0 unspecified atom stereocenters. The maximum Gasteiger partial charge on any atom is 0.333 e. The first-order valence-electron chi connectivity index (χ1n) is 4.98. The first-order valence-corrected chi connectivity index (χ1v) is 6.06. The van der Waals surface area contributed by atoms with E-state index in [9.17, 15) is 4.79 Å². The molecule has 82 valence electrons. The fourth-order valence-electron chi connectivity index (χ4n) is 2.21. The molecule has 0 radical (unpaired) electrons. The van der Waals surface area contributed by atoms with Crippen molar-refractivity contribution in [2.45, 2.75) is 31.2 Å². The van der Waals surface area contributed by atoms with Gasteiger partial charge in [-0.15, -0.1) is 0 Å². The molecule has 1 fully saturated rings. The number of rotatable bonds is 2. The highest BCUT2D eigenvalue weighted by Gasteiger charge is 2.44. The molecule has 4 nitrogen and oxygen atoms in total. The van der Waals surface area contributed by atoms with Gasteiger partial charge in [0, 0.05) is 6.20 Å². The van der Waals surface area contributed by atoms with Crippen molar-refractivity contribution in [3.05, 3.63) is 16.0 Å². The fourth-order valence-corrected chi connectivity index (χ4v) is 2.60. The first-order chi connectivity index (χ1) is 7.19. The van der Waals surface area contributed by atoms with E-state index in [0.717, 1.165) is 29.3 Å². The topological polar surface area (TPSA) is 44.1 Å². The Kier molecular flexibility index (Phi) is 2.99. The van der Waals surface area contributed by atoms with Crippen molar-refractivity contribution in [1.29, 1.82) is 0 Å². The molecule has 1 aliphatic carbocycles. The van der Waals surface area contributed by atoms with Crippen molar-refractivity contribution >= 4 is 28.6 Å². The minimum atomic E-state index is -0.543. The number of ether oxygens (including phenoxy) is 1. The third-order valence-electron chi connectivity index (χ3n) is 2.99. The maximum atomic E-state index is 11.9. The van der Waals surface area contributed by atoms with Gasteiger partial charge < -0.3 is 4.74 Å². The second-order valence-corrected chi connectivity index (χ2v) is 5.08. The van der Waals surface area contributed by atoms with E-state index < -0.39 is 5.54 Å². The molecule has 1 heterocycles. The smallest absolute Gasteiger partial charge is 0.333 e. The van der Waals surface area contributed by atoms with Crippen molar-refractivity contribution in [1.82, 2.24) is 9.78 Å². The summed E-state index contributed by atoms with van der Waals surface area (Å²) in [6.07, 6.45) is 7.46. The van der Waals surface area contributed by atoms with Crippen molar-refractivity contribution in [2.24, 2.45) is 0 Å². The average molecular weight is 320 g/mol. The summed E-state index contributed by atoms with van der Waals surface area (Å²) in [4.78, 5) is 11.9. The van der Waals surface area contributed by atoms with Gasteiger partial charge in [-0.3, -0.25) is 4.68 Å². The number of methoxy groups -OCH3 is 1. The molecule has 2 rings (SSSR count). The van der Waals surface area contributed by atoms with Gasteiger partial charge in [0.25, 0.3) is 0 Å². The van der Waals surface area contributed by atoms with Crippen LogP contribution >= 0.6 is 22.6 Å². The van der Waals surface area contributed by atoms with Gasteiger partial charge in [-0.25, -0.2) is 4.79 Å². The number of halogens is 1. The van der Waals surface area contributed by atoms with Crippen LogP contribution in [0.15, 0.2) is 12.4 Å². The lowest BCUT2D eigenvalue weighted by atomic mass is 9.98. The van der Waals surface area contributed by atoms with Crippen LogP contribution in [0.2, 0.25) is 0 Å². The molecular formula is C10H13IN2O2. The summed E-state index contributed by atoms with van der Waals surface area (Å²) in [5.74, 6) is -0.167. The molecule has 0 saturated heterocycles. The number of carbonyl (C=O) groups excluding carboxylic acids is 1. The van der Waals surface area contributed by atoms with E-state index in [-0.39, 0.29) is 5.97 Å². The van der Waals surface area contributed by atoms with E-state index in [0.29, 0.717) is 0 Å². The predicted octanol–water partition coefficient (Wildman–Crippen LogP) is 1.93. The minimum absolute atomic E-state index is 0.167. The third kappa shape index (κ3) is 1.77. The van der Waals surface area contributed by atoms with Gasteiger partial charge >= 0.3 is 5.97 Å². The Balaban J connectivity index is 2.38. The van der Waals surface area contributed by atoms with Crippen LogP contribution in [0.3, 0.4) is 0 Å². The second-order valence-electron chi connectivity index (χ2n) is 3.83. The number of carbonyl (C=O) groups is 1. The average Bonchev–Trinajstić information content (AvgIpc) is 2.85. The minimum Gasteiger partial charge on any atom is -0.467 e. The normalized spacial score (nSPS) is 19.1. The van der Waals surface area contributed by atoms with Crippen molar-refractivity contribution in [2.75, 3.05) is 7.11 Å². The van der Waals surface area contributed by atoms with E-state index >= 15 is 0 Å². The number of hydrogen-bond donors (Lipinski definition) is 0. The number of hydrogen-bond acceptors (Lipinski definition) is 3. The Morgan fingerprint density at radius 1 is 1.60 bits per heavy atom. The molecule has 1 aromatic heterocycles. The lowest BCUT2D eigenvalue weighted by Crippen LogP contribution is -2.40.